The number of hydrogen-bond acceptors (Lipinski definition) is 1. The Labute approximate surface area is 96.3 Å². The van der Waals surface area contributed by atoms with Gasteiger partial charge in [0, 0.05) is 0 Å². The van der Waals surface area contributed by atoms with Gasteiger partial charge in [0.15, 0.2) is 0 Å². The zero-order valence-corrected chi connectivity index (χ0v) is 11.2. The second kappa shape index (κ2) is 7.92. The van der Waals surface area contributed by atoms with E-state index in [-0.39, 0.29) is 0 Å². The number of allylic oxidation sites excluding steroid dienone is 1. The summed E-state index contributed by atoms with van der Waals surface area (Å²) in [5, 5.41) is 3.56. The molecule has 0 aliphatic heterocycles. The van der Waals surface area contributed by atoms with Crippen LogP contribution in [0.15, 0.2) is 12.7 Å². The molecule has 0 aliphatic rings. The molecule has 15 heavy (non-hydrogen) atoms. The van der Waals surface area contributed by atoms with Crippen LogP contribution < -0.4 is 5.32 Å². The summed E-state index contributed by atoms with van der Waals surface area (Å²) in [6.07, 6.45) is 3.33. The molecule has 90 valence electrons. The Morgan fingerprint density at radius 2 is 1.73 bits per heavy atom. The standard InChI is InChI=1S/C14H29N/c1-7-11(3)9-15-10-13(5)14(6)12(4)8-2/h8,11-15H,2,7,9-10H2,1,3-6H3. The maximum Gasteiger partial charge on any atom is -0.00203 e. The third-order valence-corrected chi connectivity index (χ3v) is 3.75. The Hall–Kier alpha value is -0.300. The van der Waals surface area contributed by atoms with E-state index in [4.69, 9.17) is 0 Å². The van der Waals surface area contributed by atoms with Gasteiger partial charge in [-0.3, -0.25) is 0 Å². The van der Waals surface area contributed by atoms with Crippen molar-refractivity contribution in [1.82, 2.24) is 5.32 Å². The molecule has 1 nitrogen and oxygen atoms in total. The van der Waals surface area contributed by atoms with E-state index in [0.29, 0.717) is 11.8 Å². The Morgan fingerprint density at radius 1 is 1.13 bits per heavy atom. The minimum Gasteiger partial charge on any atom is -0.316 e. The van der Waals surface area contributed by atoms with Crippen molar-refractivity contribution in [3.8, 4) is 0 Å². The maximum atomic E-state index is 3.87. The first-order valence-corrected chi connectivity index (χ1v) is 6.36. The van der Waals surface area contributed by atoms with E-state index < -0.39 is 0 Å². The molecule has 0 aliphatic carbocycles. The predicted octanol–water partition coefficient (Wildman–Crippen LogP) is 3.72. The lowest BCUT2D eigenvalue weighted by molar-refractivity contribution is 0.302. The van der Waals surface area contributed by atoms with E-state index in [0.717, 1.165) is 24.9 Å². The summed E-state index contributed by atoms with van der Waals surface area (Å²) in [6.45, 7) is 17.6. The van der Waals surface area contributed by atoms with Crippen molar-refractivity contribution < 1.29 is 0 Å². The van der Waals surface area contributed by atoms with Crippen LogP contribution >= 0.6 is 0 Å². The Bertz CT molecular complexity index is 165. The third-order valence-electron chi connectivity index (χ3n) is 3.75. The zero-order chi connectivity index (χ0) is 11.8. The van der Waals surface area contributed by atoms with Gasteiger partial charge in [-0.15, -0.1) is 6.58 Å². The number of nitrogens with one attached hydrogen (secondary N) is 1. The molecule has 0 aromatic rings. The first kappa shape index (κ1) is 14.7. The van der Waals surface area contributed by atoms with Crippen LogP contribution in [0.25, 0.3) is 0 Å². The second-order valence-electron chi connectivity index (χ2n) is 5.10. The molecule has 0 amide bonds. The fraction of sp³-hybridized carbons (Fsp3) is 0.857. The van der Waals surface area contributed by atoms with Gasteiger partial charge in [-0.25, -0.2) is 0 Å². The lowest BCUT2D eigenvalue weighted by Crippen LogP contribution is -2.30. The first-order valence-electron chi connectivity index (χ1n) is 6.36. The highest BCUT2D eigenvalue weighted by atomic mass is 14.9. The molecular weight excluding hydrogens is 182 g/mol. The molecule has 0 spiro atoms. The van der Waals surface area contributed by atoms with Crippen molar-refractivity contribution in [2.45, 2.75) is 41.0 Å². The zero-order valence-electron chi connectivity index (χ0n) is 11.2. The largest absolute Gasteiger partial charge is 0.316 e. The summed E-state index contributed by atoms with van der Waals surface area (Å²) in [5.41, 5.74) is 0. The van der Waals surface area contributed by atoms with Crippen molar-refractivity contribution >= 4 is 0 Å². The molecule has 0 saturated heterocycles. The highest BCUT2D eigenvalue weighted by Gasteiger charge is 2.16. The van der Waals surface area contributed by atoms with E-state index in [1.54, 1.807) is 0 Å². The lowest BCUT2D eigenvalue weighted by Gasteiger charge is -2.24. The lowest BCUT2D eigenvalue weighted by atomic mass is 9.85. The second-order valence-corrected chi connectivity index (χ2v) is 5.10. The minimum atomic E-state index is 0.616. The van der Waals surface area contributed by atoms with E-state index in [2.05, 4.69) is 52.6 Å². The number of hydrogen-bond donors (Lipinski definition) is 1. The summed E-state index contributed by atoms with van der Waals surface area (Å²) in [7, 11) is 0. The average Bonchev–Trinajstić information content (AvgIpc) is 2.26. The van der Waals surface area contributed by atoms with Crippen LogP contribution in [0, 0.1) is 23.7 Å². The highest BCUT2D eigenvalue weighted by molar-refractivity contribution is 4.82. The summed E-state index contributed by atoms with van der Waals surface area (Å²) in [4.78, 5) is 0. The molecule has 0 rings (SSSR count). The van der Waals surface area contributed by atoms with Gasteiger partial charge in [0.25, 0.3) is 0 Å². The van der Waals surface area contributed by atoms with Crippen LogP contribution in [0.4, 0.5) is 0 Å². The van der Waals surface area contributed by atoms with Crippen molar-refractivity contribution in [2.75, 3.05) is 13.1 Å². The van der Waals surface area contributed by atoms with Crippen LogP contribution in [0.3, 0.4) is 0 Å². The molecule has 0 saturated carbocycles. The molecule has 0 heterocycles. The summed E-state index contributed by atoms with van der Waals surface area (Å²) in [6, 6.07) is 0. The van der Waals surface area contributed by atoms with Crippen LogP contribution in [-0.4, -0.2) is 13.1 Å². The highest BCUT2D eigenvalue weighted by Crippen LogP contribution is 2.20. The monoisotopic (exact) mass is 211 g/mol. The normalized spacial score (nSPS) is 19.3. The maximum absolute atomic E-state index is 3.87. The minimum absolute atomic E-state index is 0.616. The molecule has 0 fully saturated rings. The fourth-order valence-electron chi connectivity index (χ4n) is 1.62. The summed E-state index contributed by atoms with van der Waals surface area (Å²) >= 11 is 0. The Kier molecular flexibility index (Phi) is 7.76. The van der Waals surface area contributed by atoms with Crippen LogP contribution in [0.1, 0.15) is 41.0 Å². The van der Waals surface area contributed by atoms with E-state index >= 15 is 0 Å². The summed E-state index contributed by atoms with van der Waals surface area (Å²) < 4.78 is 0. The molecular formula is C14H29N. The van der Waals surface area contributed by atoms with Crippen LogP contribution in [0.2, 0.25) is 0 Å². The van der Waals surface area contributed by atoms with Gasteiger partial charge in [-0.1, -0.05) is 47.1 Å². The van der Waals surface area contributed by atoms with Gasteiger partial charge >= 0.3 is 0 Å². The SMILES string of the molecule is C=CC(C)C(C)C(C)CNCC(C)CC. The van der Waals surface area contributed by atoms with Gasteiger partial charge < -0.3 is 5.32 Å². The molecule has 1 heteroatoms. The topological polar surface area (TPSA) is 12.0 Å². The molecule has 4 unspecified atom stereocenters. The molecule has 0 aromatic carbocycles. The first-order chi connectivity index (χ1) is 7.02. The van der Waals surface area contributed by atoms with Gasteiger partial charge in [0.1, 0.15) is 0 Å². The van der Waals surface area contributed by atoms with Crippen molar-refractivity contribution in [3.05, 3.63) is 12.7 Å². The average molecular weight is 211 g/mol. The van der Waals surface area contributed by atoms with Crippen molar-refractivity contribution in [1.29, 1.82) is 0 Å². The molecule has 0 aromatic heterocycles. The number of rotatable bonds is 8. The van der Waals surface area contributed by atoms with Crippen molar-refractivity contribution in [3.63, 3.8) is 0 Å². The summed E-state index contributed by atoms with van der Waals surface area (Å²) in [5.74, 6) is 2.85. The van der Waals surface area contributed by atoms with Crippen LogP contribution in [0.5, 0.6) is 0 Å². The molecule has 1 N–H and O–H groups in total. The fourth-order valence-corrected chi connectivity index (χ4v) is 1.62. The van der Waals surface area contributed by atoms with Gasteiger partial charge in [-0.05, 0) is 36.8 Å². The van der Waals surface area contributed by atoms with E-state index in [1.807, 2.05) is 0 Å². The molecule has 0 radical (unpaired) electrons. The Balaban J connectivity index is 3.73. The predicted molar refractivity (Wildman–Crippen MR) is 70.0 cm³/mol. The third kappa shape index (κ3) is 5.99. The molecule has 0 bridgehead atoms. The quantitative estimate of drug-likeness (QED) is 0.603. The van der Waals surface area contributed by atoms with Gasteiger partial charge in [0.2, 0.25) is 0 Å². The van der Waals surface area contributed by atoms with Crippen LogP contribution in [-0.2, 0) is 0 Å². The van der Waals surface area contributed by atoms with Crippen molar-refractivity contribution in [2.24, 2.45) is 23.7 Å². The smallest absolute Gasteiger partial charge is 0.00203 e. The van der Waals surface area contributed by atoms with Gasteiger partial charge in [-0.2, -0.15) is 0 Å². The van der Waals surface area contributed by atoms with E-state index in [9.17, 15) is 0 Å². The Morgan fingerprint density at radius 3 is 2.20 bits per heavy atom. The molecule has 4 atom stereocenters. The van der Waals surface area contributed by atoms with Gasteiger partial charge in [0.05, 0.1) is 0 Å². The van der Waals surface area contributed by atoms with E-state index in [1.165, 1.54) is 6.42 Å².